The second-order valence-corrected chi connectivity index (χ2v) is 7.07. The summed E-state index contributed by atoms with van der Waals surface area (Å²) in [5.41, 5.74) is 3.67. The zero-order valence-electron chi connectivity index (χ0n) is 14.8. The zero-order chi connectivity index (χ0) is 16.8. The Morgan fingerprint density at radius 3 is 2.62 bits per heavy atom. The second kappa shape index (κ2) is 11.5. The summed E-state index contributed by atoms with van der Waals surface area (Å²) in [5.74, 6) is -0.0755. The van der Waals surface area contributed by atoms with Crippen LogP contribution in [0.1, 0.15) is 30.2 Å². The first-order chi connectivity index (χ1) is 11.7. The number of amides is 1. The molecule has 2 heterocycles. The molecule has 8 heteroatoms. The van der Waals surface area contributed by atoms with Gasteiger partial charge < -0.3 is 16.0 Å². The van der Waals surface area contributed by atoms with Crippen LogP contribution >= 0.6 is 36.2 Å². The molecule has 1 aromatic heterocycles. The van der Waals surface area contributed by atoms with Gasteiger partial charge >= 0.3 is 0 Å². The molecule has 0 spiro atoms. The molecule has 0 aliphatic carbocycles. The number of thiazole rings is 1. The molecule has 0 radical (unpaired) electrons. The first kappa shape index (κ1) is 22.9. The molecular formula is C18H26Cl2N4OS. The summed E-state index contributed by atoms with van der Waals surface area (Å²) in [7, 11) is 0. The Kier molecular flexibility index (Phi) is 10.1. The number of hydrogen-bond donors (Lipinski definition) is 3. The van der Waals surface area contributed by atoms with Crippen LogP contribution in [0.3, 0.4) is 0 Å². The van der Waals surface area contributed by atoms with Crippen LogP contribution in [0.4, 0.5) is 5.13 Å². The summed E-state index contributed by atoms with van der Waals surface area (Å²) < 4.78 is 0. The van der Waals surface area contributed by atoms with Gasteiger partial charge in [0.05, 0.1) is 5.69 Å². The number of benzene rings is 1. The first-order valence-electron chi connectivity index (χ1n) is 8.43. The van der Waals surface area contributed by atoms with Gasteiger partial charge in [-0.3, -0.25) is 4.79 Å². The molecule has 0 saturated carbocycles. The van der Waals surface area contributed by atoms with Crippen molar-refractivity contribution < 1.29 is 4.79 Å². The van der Waals surface area contributed by atoms with E-state index >= 15 is 0 Å². The lowest BCUT2D eigenvalue weighted by atomic mass is 10.1. The van der Waals surface area contributed by atoms with Crippen molar-refractivity contribution in [3.63, 3.8) is 0 Å². The lowest BCUT2D eigenvalue weighted by Gasteiger charge is -2.11. The second-order valence-electron chi connectivity index (χ2n) is 6.21. The number of rotatable bonds is 7. The van der Waals surface area contributed by atoms with E-state index in [9.17, 15) is 4.79 Å². The SMILES string of the molecule is CC(=O)Nc1nc(CCc2ccc(CNC3CCNC3)cc2)cs1.Cl.Cl. The predicted molar refractivity (Wildman–Crippen MR) is 113 cm³/mol. The molecule has 5 nitrogen and oxygen atoms in total. The van der Waals surface area contributed by atoms with Gasteiger partial charge in [0.2, 0.25) is 5.91 Å². The molecule has 144 valence electrons. The van der Waals surface area contributed by atoms with Gasteiger partial charge in [0.1, 0.15) is 0 Å². The average Bonchev–Trinajstić information content (AvgIpc) is 3.23. The van der Waals surface area contributed by atoms with E-state index in [0.29, 0.717) is 11.2 Å². The third-order valence-electron chi connectivity index (χ3n) is 4.18. The number of aromatic nitrogens is 1. The maximum Gasteiger partial charge on any atom is 0.223 e. The quantitative estimate of drug-likeness (QED) is 0.648. The molecule has 0 bridgehead atoms. The number of aryl methyl sites for hydroxylation is 2. The molecule has 1 atom stereocenters. The van der Waals surface area contributed by atoms with Crippen LogP contribution in [0.25, 0.3) is 0 Å². The summed E-state index contributed by atoms with van der Waals surface area (Å²) >= 11 is 1.48. The third kappa shape index (κ3) is 7.21. The number of hydrogen-bond acceptors (Lipinski definition) is 5. The molecule has 1 saturated heterocycles. The third-order valence-corrected chi connectivity index (χ3v) is 4.99. The molecule has 26 heavy (non-hydrogen) atoms. The number of anilines is 1. The van der Waals surface area contributed by atoms with Gasteiger partial charge in [0.25, 0.3) is 0 Å². The maximum absolute atomic E-state index is 11.0. The Morgan fingerprint density at radius 2 is 1.96 bits per heavy atom. The van der Waals surface area contributed by atoms with E-state index in [0.717, 1.165) is 38.2 Å². The van der Waals surface area contributed by atoms with Crippen LogP contribution in [0, 0.1) is 0 Å². The van der Waals surface area contributed by atoms with Gasteiger partial charge in [0, 0.05) is 31.4 Å². The topological polar surface area (TPSA) is 66.0 Å². The molecule has 3 rings (SSSR count). The van der Waals surface area contributed by atoms with Gasteiger partial charge in [-0.25, -0.2) is 4.98 Å². The van der Waals surface area contributed by atoms with Crippen LogP contribution in [-0.2, 0) is 24.2 Å². The molecular weight excluding hydrogens is 391 g/mol. The van der Waals surface area contributed by atoms with E-state index < -0.39 is 0 Å². The Bertz CT molecular complexity index is 672. The van der Waals surface area contributed by atoms with E-state index in [1.165, 1.54) is 35.8 Å². The largest absolute Gasteiger partial charge is 0.315 e. The van der Waals surface area contributed by atoms with E-state index in [1.807, 2.05) is 5.38 Å². The Labute approximate surface area is 171 Å². The number of carbonyl (C=O) groups excluding carboxylic acids is 1. The lowest BCUT2D eigenvalue weighted by Crippen LogP contribution is -2.30. The van der Waals surface area contributed by atoms with Crippen LogP contribution in [0.5, 0.6) is 0 Å². The van der Waals surface area contributed by atoms with Crippen LogP contribution in [-0.4, -0.2) is 30.0 Å². The highest BCUT2D eigenvalue weighted by atomic mass is 35.5. The van der Waals surface area contributed by atoms with E-state index in [4.69, 9.17) is 0 Å². The van der Waals surface area contributed by atoms with Gasteiger partial charge in [0.15, 0.2) is 5.13 Å². The summed E-state index contributed by atoms with van der Waals surface area (Å²) in [4.78, 5) is 15.4. The van der Waals surface area contributed by atoms with Crippen molar-refractivity contribution in [3.05, 3.63) is 46.5 Å². The minimum Gasteiger partial charge on any atom is -0.315 e. The summed E-state index contributed by atoms with van der Waals surface area (Å²) in [6.45, 7) is 4.63. The summed E-state index contributed by atoms with van der Waals surface area (Å²) in [6.07, 6.45) is 3.07. The molecule has 1 unspecified atom stereocenters. The van der Waals surface area contributed by atoms with Crippen molar-refractivity contribution in [3.8, 4) is 0 Å². The Balaban J connectivity index is 0.00000169. The minimum absolute atomic E-state index is 0. The average molecular weight is 417 g/mol. The fraction of sp³-hybridized carbons (Fsp3) is 0.444. The highest BCUT2D eigenvalue weighted by Crippen LogP contribution is 2.17. The maximum atomic E-state index is 11.0. The number of nitrogens with zero attached hydrogens (tertiary/aromatic N) is 1. The van der Waals surface area contributed by atoms with Crippen molar-refractivity contribution in [2.24, 2.45) is 0 Å². The Morgan fingerprint density at radius 1 is 1.23 bits per heavy atom. The zero-order valence-corrected chi connectivity index (χ0v) is 17.2. The van der Waals surface area contributed by atoms with Crippen molar-refractivity contribution >= 4 is 47.2 Å². The van der Waals surface area contributed by atoms with Gasteiger partial charge in [-0.1, -0.05) is 24.3 Å². The van der Waals surface area contributed by atoms with Gasteiger partial charge in [-0.05, 0) is 36.9 Å². The molecule has 1 aromatic carbocycles. The highest BCUT2D eigenvalue weighted by Gasteiger charge is 2.12. The smallest absolute Gasteiger partial charge is 0.223 e. The normalized spacial score (nSPS) is 15.8. The number of carbonyl (C=O) groups is 1. The summed E-state index contributed by atoms with van der Waals surface area (Å²) in [6, 6.07) is 9.41. The molecule has 1 aliphatic rings. The van der Waals surface area contributed by atoms with Crippen LogP contribution < -0.4 is 16.0 Å². The number of nitrogens with one attached hydrogen (secondary N) is 3. The summed E-state index contributed by atoms with van der Waals surface area (Å²) in [5, 5.41) is 12.4. The molecule has 1 amide bonds. The van der Waals surface area contributed by atoms with Gasteiger partial charge in [-0.2, -0.15) is 0 Å². The molecule has 1 aliphatic heterocycles. The predicted octanol–water partition coefficient (Wildman–Crippen LogP) is 3.18. The van der Waals surface area contributed by atoms with E-state index in [-0.39, 0.29) is 30.7 Å². The lowest BCUT2D eigenvalue weighted by molar-refractivity contribution is -0.114. The number of halogens is 2. The van der Waals surface area contributed by atoms with Crippen LogP contribution in [0.15, 0.2) is 29.6 Å². The standard InChI is InChI=1S/C18H24N4OS.2ClH/c1-13(23)21-18-22-17(12-24-18)7-6-14-2-4-15(5-3-14)10-20-16-8-9-19-11-16;;/h2-5,12,16,19-20H,6-11H2,1H3,(H,21,22,23);2*1H. The highest BCUT2D eigenvalue weighted by molar-refractivity contribution is 7.13. The monoisotopic (exact) mass is 416 g/mol. The first-order valence-corrected chi connectivity index (χ1v) is 9.31. The molecule has 1 fully saturated rings. The molecule has 2 aromatic rings. The van der Waals surface area contributed by atoms with Crippen molar-refractivity contribution in [1.29, 1.82) is 0 Å². The Hall–Kier alpha value is -1.18. The van der Waals surface area contributed by atoms with Gasteiger partial charge in [-0.15, -0.1) is 36.2 Å². The fourth-order valence-corrected chi connectivity index (χ4v) is 3.61. The minimum atomic E-state index is -0.0755. The van der Waals surface area contributed by atoms with E-state index in [1.54, 1.807) is 0 Å². The van der Waals surface area contributed by atoms with Crippen molar-refractivity contribution in [2.75, 3.05) is 18.4 Å². The fourth-order valence-electron chi connectivity index (χ4n) is 2.82. The van der Waals surface area contributed by atoms with E-state index in [2.05, 4.69) is 45.2 Å². The van der Waals surface area contributed by atoms with Crippen molar-refractivity contribution in [2.45, 2.75) is 38.8 Å². The van der Waals surface area contributed by atoms with Crippen LogP contribution in [0.2, 0.25) is 0 Å². The molecule has 3 N–H and O–H groups in total. The van der Waals surface area contributed by atoms with Crippen molar-refractivity contribution in [1.82, 2.24) is 15.6 Å².